The summed E-state index contributed by atoms with van der Waals surface area (Å²) in [6.45, 7) is 3.11. The topological polar surface area (TPSA) is 86.7 Å². The van der Waals surface area contributed by atoms with Gasteiger partial charge in [0.25, 0.3) is 5.91 Å². The van der Waals surface area contributed by atoms with Gasteiger partial charge in [0.1, 0.15) is 5.54 Å². The second-order valence-corrected chi connectivity index (χ2v) is 5.43. The van der Waals surface area contributed by atoms with Crippen molar-refractivity contribution in [3.8, 4) is 0 Å². The number of carbonyl (C=O) groups is 3. The van der Waals surface area contributed by atoms with Gasteiger partial charge < -0.3 is 10.0 Å². The van der Waals surface area contributed by atoms with E-state index in [1.165, 1.54) is 23.1 Å². The van der Waals surface area contributed by atoms with Crippen molar-refractivity contribution in [2.75, 3.05) is 11.4 Å². The normalized spacial score (nSPS) is 17.9. The molecule has 0 radical (unpaired) electrons. The van der Waals surface area contributed by atoms with Crippen molar-refractivity contribution in [2.45, 2.75) is 19.4 Å². The minimum atomic E-state index is -1.15. The molecule has 20 heavy (non-hydrogen) atoms. The van der Waals surface area contributed by atoms with Gasteiger partial charge in [-0.3, -0.25) is 14.9 Å². The third-order valence-electron chi connectivity index (χ3n) is 3.27. The second-order valence-electron chi connectivity index (χ2n) is 4.99. The van der Waals surface area contributed by atoms with E-state index >= 15 is 0 Å². The summed E-state index contributed by atoms with van der Waals surface area (Å²) in [5.74, 6) is -2.11. The minimum absolute atomic E-state index is 0.00928. The molecule has 0 saturated carbocycles. The Morgan fingerprint density at radius 2 is 2.05 bits per heavy atom. The molecule has 0 atom stereocenters. The van der Waals surface area contributed by atoms with E-state index in [9.17, 15) is 19.5 Å². The number of halogens is 1. The average molecular weight is 297 g/mol. The molecule has 1 aliphatic heterocycles. The summed E-state index contributed by atoms with van der Waals surface area (Å²) in [6.07, 6.45) is 0. The number of hydrogen-bond donors (Lipinski definition) is 2. The molecule has 2 N–H and O–H groups in total. The molecule has 0 aliphatic carbocycles. The number of imide groups is 1. The maximum absolute atomic E-state index is 11.9. The van der Waals surface area contributed by atoms with E-state index in [2.05, 4.69) is 5.32 Å². The number of nitrogens with zero attached hydrogens (tertiary/aromatic N) is 1. The highest BCUT2D eigenvalue weighted by Crippen LogP contribution is 2.31. The van der Waals surface area contributed by atoms with Crippen LogP contribution in [0.15, 0.2) is 18.2 Å². The monoisotopic (exact) mass is 296 g/mol. The molecule has 7 heteroatoms. The lowest BCUT2D eigenvalue weighted by atomic mass is 9.96. The molecule has 2 rings (SSSR count). The van der Waals surface area contributed by atoms with Gasteiger partial charge in [-0.15, -0.1) is 0 Å². The molecule has 1 heterocycles. The molecule has 0 spiro atoms. The van der Waals surface area contributed by atoms with Crippen molar-refractivity contribution in [2.24, 2.45) is 0 Å². The number of aromatic carboxylic acids is 1. The molecule has 0 bridgehead atoms. The lowest BCUT2D eigenvalue weighted by molar-refractivity contribution is -0.135. The van der Waals surface area contributed by atoms with Crippen LogP contribution in [0.1, 0.15) is 24.2 Å². The predicted molar refractivity (Wildman–Crippen MR) is 73.0 cm³/mol. The summed E-state index contributed by atoms with van der Waals surface area (Å²) < 4.78 is 0. The maximum atomic E-state index is 11.9. The highest BCUT2D eigenvalue weighted by atomic mass is 35.5. The Hall–Kier alpha value is -2.08. The highest BCUT2D eigenvalue weighted by Gasteiger charge is 2.42. The van der Waals surface area contributed by atoms with Gasteiger partial charge in [-0.2, -0.15) is 0 Å². The van der Waals surface area contributed by atoms with Crippen LogP contribution in [0.4, 0.5) is 5.69 Å². The van der Waals surface area contributed by atoms with Crippen LogP contribution in [0.3, 0.4) is 0 Å². The van der Waals surface area contributed by atoms with Crippen molar-refractivity contribution >= 4 is 35.1 Å². The number of carbonyl (C=O) groups excluding carboxylic acids is 2. The first-order valence-electron chi connectivity index (χ1n) is 5.88. The number of anilines is 1. The van der Waals surface area contributed by atoms with E-state index in [1.807, 2.05) is 0 Å². The fraction of sp³-hybridized carbons (Fsp3) is 0.308. The van der Waals surface area contributed by atoms with E-state index in [0.29, 0.717) is 5.02 Å². The second kappa shape index (κ2) is 4.79. The Kier molecular flexibility index (Phi) is 3.43. The molecule has 1 aromatic carbocycles. The molecule has 2 amide bonds. The number of amides is 2. The third-order valence-corrected chi connectivity index (χ3v) is 3.50. The summed E-state index contributed by atoms with van der Waals surface area (Å²) in [6, 6.07) is 4.25. The Bertz CT molecular complexity index is 612. The van der Waals surface area contributed by atoms with Crippen molar-refractivity contribution < 1.29 is 19.5 Å². The van der Waals surface area contributed by atoms with Crippen LogP contribution in [0, 0.1) is 0 Å². The van der Waals surface area contributed by atoms with Gasteiger partial charge in [0.2, 0.25) is 5.91 Å². The first-order chi connectivity index (χ1) is 9.23. The zero-order valence-corrected chi connectivity index (χ0v) is 11.7. The van der Waals surface area contributed by atoms with Gasteiger partial charge in [-0.25, -0.2) is 4.79 Å². The fourth-order valence-electron chi connectivity index (χ4n) is 2.08. The third kappa shape index (κ3) is 2.34. The van der Waals surface area contributed by atoms with Crippen molar-refractivity contribution in [1.29, 1.82) is 0 Å². The van der Waals surface area contributed by atoms with Crippen LogP contribution in [0.2, 0.25) is 5.02 Å². The average Bonchev–Trinajstić information content (AvgIpc) is 2.33. The number of benzene rings is 1. The van der Waals surface area contributed by atoms with Crippen LogP contribution in [0.25, 0.3) is 0 Å². The lowest BCUT2D eigenvalue weighted by Gasteiger charge is -2.42. The van der Waals surface area contributed by atoms with Crippen LogP contribution in [0.5, 0.6) is 0 Å². The van der Waals surface area contributed by atoms with Gasteiger partial charge in [-0.1, -0.05) is 11.6 Å². The molecule has 6 nitrogen and oxygen atoms in total. The molecular formula is C13H13ClN2O4. The lowest BCUT2D eigenvalue weighted by Crippen LogP contribution is -2.64. The van der Waals surface area contributed by atoms with Crippen LogP contribution in [-0.2, 0) is 9.59 Å². The quantitative estimate of drug-likeness (QED) is 0.803. The Balaban J connectivity index is 2.59. The fourth-order valence-corrected chi connectivity index (χ4v) is 2.24. The molecule has 0 unspecified atom stereocenters. The van der Waals surface area contributed by atoms with Gasteiger partial charge in [0.15, 0.2) is 0 Å². The Morgan fingerprint density at radius 1 is 1.40 bits per heavy atom. The first kappa shape index (κ1) is 14.3. The molecule has 1 aromatic rings. The number of nitrogens with one attached hydrogen (secondary N) is 1. The van der Waals surface area contributed by atoms with Gasteiger partial charge in [0.05, 0.1) is 17.8 Å². The van der Waals surface area contributed by atoms with E-state index in [0.717, 1.165) is 0 Å². The van der Waals surface area contributed by atoms with Gasteiger partial charge in [-0.05, 0) is 32.0 Å². The number of carboxylic acids is 1. The van der Waals surface area contributed by atoms with Crippen molar-refractivity contribution in [3.63, 3.8) is 0 Å². The summed E-state index contributed by atoms with van der Waals surface area (Å²) >= 11 is 5.90. The number of rotatable bonds is 2. The molecule has 1 aliphatic rings. The predicted octanol–water partition coefficient (Wildman–Crippen LogP) is 1.28. The van der Waals surface area contributed by atoms with Gasteiger partial charge >= 0.3 is 5.97 Å². The Labute approximate surface area is 120 Å². The zero-order valence-electron chi connectivity index (χ0n) is 10.9. The van der Waals surface area contributed by atoms with Gasteiger partial charge in [0, 0.05) is 5.02 Å². The first-order valence-corrected chi connectivity index (χ1v) is 6.26. The highest BCUT2D eigenvalue weighted by molar-refractivity contribution is 6.31. The number of carboxylic acid groups (broad SMARTS) is 1. The summed E-state index contributed by atoms with van der Waals surface area (Å²) in [5.41, 5.74) is -0.814. The molecule has 106 valence electrons. The molecule has 1 fully saturated rings. The minimum Gasteiger partial charge on any atom is -0.478 e. The number of hydrogen-bond acceptors (Lipinski definition) is 4. The summed E-state index contributed by atoms with van der Waals surface area (Å²) in [5, 5.41) is 11.8. The molecule has 0 aromatic heterocycles. The van der Waals surface area contributed by atoms with Crippen LogP contribution < -0.4 is 10.2 Å². The van der Waals surface area contributed by atoms with E-state index < -0.39 is 23.3 Å². The standard InChI is InChI=1S/C13H13ClN2O4/c1-13(2)12(20)15-10(17)6-16(13)9-5-7(14)3-4-8(9)11(18)19/h3-5H,6H2,1-2H3,(H,18,19)(H,15,17,20). The van der Waals surface area contributed by atoms with E-state index in [-0.39, 0.29) is 17.8 Å². The van der Waals surface area contributed by atoms with Crippen molar-refractivity contribution in [1.82, 2.24) is 5.32 Å². The molecular weight excluding hydrogens is 284 g/mol. The van der Waals surface area contributed by atoms with E-state index in [1.54, 1.807) is 13.8 Å². The Morgan fingerprint density at radius 3 is 2.65 bits per heavy atom. The SMILES string of the molecule is CC1(C)C(=O)NC(=O)CN1c1cc(Cl)ccc1C(=O)O. The largest absolute Gasteiger partial charge is 0.478 e. The van der Waals surface area contributed by atoms with E-state index in [4.69, 9.17) is 11.6 Å². The molecule has 1 saturated heterocycles. The number of piperazine rings is 1. The summed E-state index contributed by atoms with van der Waals surface area (Å²) in [7, 11) is 0. The zero-order chi connectivity index (χ0) is 15.1. The maximum Gasteiger partial charge on any atom is 0.337 e. The van der Waals surface area contributed by atoms with Crippen molar-refractivity contribution in [3.05, 3.63) is 28.8 Å². The summed E-state index contributed by atoms with van der Waals surface area (Å²) in [4.78, 5) is 36.2. The van der Waals surface area contributed by atoms with Crippen LogP contribution in [-0.4, -0.2) is 35.0 Å². The van der Waals surface area contributed by atoms with Crippen LogP contribution >= 0.6 is 11.6 Å². The smallest absolute Gasteiger partial charge is 0.337 e.